The fourth-order valence-electron chi connectivity index (χ4n) is 3.27. The molecule has 0 bridgehead atoms. The minimum atomic E-state index is -0.455. The number of rotatable bonds is 5. The molecule has 3 heterocycles. The molecule has 0 saturated carbocycles. The van der Waals surface area contributed by atoms with Gasteiger partial charge in [-0.3, -0.25) is 14.2 Å². The monoisotopic (exact) mass is 425 g/mol. The van der Waals surface area contributed by atoms with Gasteiger partial charge in [0.15, 0.2) is 5.82 Å². The van der Waals surface area contributed by atoms with Gasteiger partial charge in [-0.1, -0.05) is 34.1 Å². The highest BCUT2D eigenvalue weighted by molar-refractivity contribution is 9.10. The van der Waals surface area contributed by atoms with Crippen LogP contribution in [-0.4, -0.2) is 33.6 Å². The number of anilines is 1. The lowest BCUT2D eigenvalue weighted by Crippen LogP contribution is -2.21. The minimum Gasteiger partial charge on any atom is -0.330 e. The first-order chi connectivity index (χ1) is 13.2. The van der Waals surface area contributed by atoms with E-state index in [0.717, 1.165) is 28.5 Å². The van der Waals surface area contributed by atoms with Crippen LogP contribution in [0, 0.1) is 0 Å². The molecule has 1 aromatic carbocycles. The summed E-state index contributed by atoms with van der Waals surface area (Å²) in [7, 11) is 0. The second-order valence-electron chi connectivity index (χ2n) is 6.51. The third-order valence-electron chi connectivity index (χ3n) is 4.64. The summed E-state index contributed by atoms with van der Waals surface area (Å²) in [6.45, 7) is 0.614. The Labute approximate surface area is 165 Å². The molecule has 6 nitrogen and oxygen atoms in total. The lowest BCUT2D eigenvalue weighted by molar-refractivity contribution is 0.0953. The third-order valence-corrected chi connectivity index (χ3v) is 5.17. The Morgan fingerprint density at radius 3 is 2.74 bits per heavy atom. The molecule has 7 heteroatoms. The number of fused-ring (bicyclic) bond motifs is 3. The first kappa shape index (κ1) is 17.9. The van der Waals surface area contributed by atoms with Gasteiger partial charge >= 0.3 is 0 Å². The van der Waals surface area contributed by atoms with Crippen molar-refractivity contribution in [2.24, 2.45) is 10.7 Å². The van der Waals surface area contributed by atoms with Crippen molar-refractivity contribution in [3.63, 3.8) is 0 Å². The van der Waals surface area contributed by atoms with Crippen molar-refractivity contribution in [2.45, 2.75) is 25.3 Å². The molecular formula is C20H20BrN5O. The SMILES string of the molecule is NCCCC[C@@H]1N=C(c2ccc(Br)cc2)Nc2nc3ccccn3c2C1=O. The number of nitrogens with one attached hydrogen (secondary N) is 1. The Hall–Kier alpha value is -2.51. The molecule has 138 valence electrons. The van der Waals surface area contributed by atoms with Gasteiger partial charge in [-0.15, -0.1) is 0 Å². The van der Waals surface area contributed by atoms with E-state index in [9.17, 15) is 4.79 Å². The molecule has 0 radical (unpaired) electrons. The fraction of sp³-hybridized carbons (Fsp3) is 0.250. The number of nitrogens with zero attached hydrogens (tertiary/aromatic N) is 3. The van der Waals surface area contributed by atoms with Crippen molar-refractivity contribution in [3.8, 4) is 0 Å². The van der Waals surface area contributed by atoms with E-state index in [0.29, 0.717) is 30.3 Å². The quantitative estimate of drug-likeness (QED) is 0.610. The van der Waals surface area contributed by atoms with E-state index in [1.807, 2.05) is 53.1 Å². The topological polar surface area (TPSA) is 84.8 Å². The van der Waals surface area contributed by atoms with Crippen LogP contribution in [0.25, 0.3) is 5.65 Å². The number of amidine groups is 1. The second kappa shape index (κ2) is 7.62. The summed E-state index contributed by atoms with van der Waals surface area (Å²) in [5, 5.41) is 3.29. The molecule has 3 aromatic rings. The summed E-state index contributed by atoms with van der Waals surface area (Å²) >= 11 is 3.46. The minimum absolute atomic E-state index is 0.0136. The largest absolute Gasteiger partial charge is 0.330 e. The van der Waals surface area contributed by atoms with Gasteiger partial charge in [0.05, 0.1) is 0 Å². The molecule has 27 heavy (non-hydrogen) atoms. The lowest BCUT2D eigenvalue weighted by atomic mass is 10.0. The first-order valence-corrected chi connectivity index (χ1v) is 9.79. The number of carbonyl (C=O) groups is 1. The van der Waals surface area contributed by atoms with E-state index < -0.39 is 6.04 Å². The molecule has 2 aromatic heterocycles. The molecule has 0 saturated heterocycles. The zero-order chi connectivity index (χ0) is 18.8. The van der Waals surface area contributed by atoms with Crippen LogP contribution in [0.15, 0.2) is 58.1 Å². The number of Topliss-reactive ketones (excluding diaryl/α,β-unsaturated/α-hetero) is 1. The molecule has 1 aliphatic heterocycles. The smallest absolute Gasteiger partial charge is 0.207 e. The highest BCUT2D eigenvalue weighted by Crippen LogP contribution is 2.26. The summed E-state index contributed by atoms with van der Waals surface area (Å²) in [6, 6.07) is 13.1. The number of aliphatic imine (C=N–C) groups is 1. The van der Waals surface area contributed by atoms with Crippen molar-refractivity contribution in [1.29, 1.82) is 0 Å². The number of carbonyl (C=O) groups excluding carboxylic acids is 1. The second-order valence-corrected chi connectivity index (χ2v) is 7.43. The highest BCUT2D eigenvalue weighted by Gasteiger charge is 2.30. The number of aromatic nitrogens is 2. The van der Waals surface area contributed by atoms with Crippen LogP contribution in [0.1, 0.15) is 35.3 Å². The predicted octanol–water partition coefficient (Wildman–Crippen LogP) is 3.65. The molecule has 0 fully saturated rings. The van der Waals surface area contributed by atoms with Gasteiger partial charge in [-0.25, -0.2) is 4.98 Å². The zero-order valence-corrected chi connectivity index (χ0v) is 16.3. The van der Waals surface area contributed by atoms with E-state index in [2.05, 4.69) is 26.2 Å². The number of imidazole rings is 1. The van der Waals surface area contributed by atoms with Crippen LogP contribution in [0.5, 0.6) is 0 Å². The number of nitrogens with two attached hydrogens (primary N) is 1. The van der Waals surface area contributed by atoms with E-state index in [1.54, 1.807) is 0 Å². The maximum atomic E-state index is 13.3. The number of halogens is 1. The van der Waals surface area contributed by atoms with Gasteiger partial charge in [0.25, 0.3) is 0 Å². The Kier molecular flexibility index (Phi) is 5.05. The molecule has 1 atom stereocenters. The predicted molar refractivity (Wildman–Crippen MR) is 111 cm³/mol. The van der Waals surface area contributed by atoms with Crippen molar-refractivity contribution < 1.29 is 4.79 Å². The van der Waals surface area contributed by atoms with Crippen LogP contribution >= 0.6 is 15.9 Å². The van der Waals surface area contributed by atoms with Gasteiger partial charge in [-0.05, 0) is 50.1 Å². The number of benzene rings is 1. The number of ketones is 1. The van der Waals surface area contributed by atoms with Crippen LogP contribution in [0.2, 0.25) is 0 Å². The number of unbranched alkanes of at least 4 members (excludes halogenated alkanes) is 1. The van der Waals surface area contributed by atoms with E-state index in [1.165, 1.54) is 0 Å². The molecule has 0 amide bonds. The van der Waals surface area contributed by atoms with Crippen molar-refractivity contribution in [1.82, 2.24) is 9.38 Å². The van der Waals surface area contributed by atoms with Crippen molar-refractivity contribution in [2.75, 3.05) is 11.9 Å². The van der Waals surface area contributed by atoms with Crippen molar-refractivity contribution >= 4 is 39.0 Å². The Bertz CT molecular complexity index is 1010. The molecule has 4 rings (SSSR count). The lowest BCUT2D eigenvalue weighted by Gasteiger charge is -2.11. The van der Waals surface area contributed by atoms with Crippen LogP contribution in [0.4, 0.5) is 5.82 Å². The zero-order valence-electron chi connectivity index (χ0n) is 14.7. The first-order valence-electron chi connectivity index (χ1n) is 8.99. The maximum absolute atomic E-state index is 13.3. The Balaban J connectivity index is 1.80. The molecule has 3 N–H and O–H groups in total. The number of hydrogen-bond donors (Lipinski definition) is 2. The average Bonchev–Trinajstić information content (AvgIpc) is 2.98. The van der Waals surface area contributed by atoms with E-state index >= 15 is 0 Å². The molecular weight excluding hydrogens is 406 g/mol. The normalized spacial score (nSPS) is 16.6. The van der Waals surface area contributed by atoms with Gasteiger partial charge in [0.1, 0.15) is 23.2 Å². The van der Waals surface area contributed by atoms with Crippen LogP contribution in [0.3, 0.4) is 0 Å². The summed E-state index contributed by atoms with van der Waals surface area (Å²) in [6.07, 6.45) is 4.26. The summed E-state index contributed by atoms with van der Waals surface area (Å²) in [5.41, 5.74) is 7.83. The molecule has 0 unspecified atom stereocenters. The maximum Gasteiger partial charge on any atom is 0.207 e. The van der Waals surface area contributed by atoms with Crippen LogP contribution in [-0.2, 0) is 0 Å². The molecule has 0 spiro atoms. The number of pyridine rings is 1. The average molecular weight is 426 g/mol. The Morgan fingerprint density at radius 1 is 1.15 bits per heavy atom. The van der Waals surface area contributed by atoms with Crippen LogP contribution < -0.4 is 11.1 Å². The molecule has 1 aliphatic rings. The van der Waals surface area contributed by atoms with Gasteiger partial charge < -0.3 is 11.1 Å². The summed E-state index contributed by atoms with van der Waals surface area (Å²) in [5.74, 6) is 1.20. The van der Waals surface area contributed by atoms with E-state index in [4.69, 9.17) is 10.7 Å². The highest BCUT2D eigenvalue weighted by atomic mass is 79.9. The fourth-order valence-corrected chi connectivity index (χ4v) is 3.53. The number of hydrogen-bond acceptors (Lipinski definition) is 5. The van der Waals surface area contributed by atoms with Crippen molar-refractivity contribution in [3.05, 3.63) is 64.4 Å². The van der Waals surface area contributed by atoms with Gasteiger partial charge in [-0.2, -0.15) is 0 Å². The van der Waals surface area contributed by atoms with E-state index in [-0.39, 0.29) is 5.78 Å². The molecule has 0 aliphatic carbocycles. The summed E-state index contributed by atoms with van der Waals surface area (Å²) in [4.78, 5) is 22.7. The van der Waals surface area contributed by atoms with Gasteiger partial charge in [0, 0.05) is 16.2 Å². The van der Waals surface area contributed by atoms with Gasteiger partial charge in [0.2, 0.25) is 5.78 Å². The Morgan fingerprint density at radius 2 is 1.96 bits per heavy atom. The standard InChI is InChI=1S/C20H20BrN5O/c21-14-9-7-13(8-10-14)19-23-15(5-1-3-11-22)18(27)17-20(25-19)24-16-6-2-4-12-26(16)17/h2,4,6-10,12,15H,1,3,5,11,22H2,(H,23,25)/t15-/m0/s1. The third kappa shape index (κ3) is 3.52. The summed E-state index contributed by atoms with van der Waals surface area (Å²) < 4.78 is 2.82.